The Kier molecular flexibility index (Phi) is 4.73. The lowest BCUT2D eigenvalue weighted by Crippen LogP contribution is -2.27. The van der Waals surface area contributed by atoms with Gasteiger partial charge in [-0.15, -0.1) is 0 Å². The molecule has 0 bridgehead atoms. The fourth-order valence-corrected chi connectivity index (χ4v) is 3.34. The fourth-order valence-electron chi connectivity index (χ4n) is 2.34. The predicted octanol–water partition coefficient (Wildman–Crippen LogP) is 3.75. The van der Waals surface area contributed by atoms with Gasteiger partial charge in [0.15, 0.2) is 0 Å². The molecule has 120 valence electrons. The molecule has 1 aromatic heterocycles. The highest BCUT2D eigenvalue weighted by Gasteiger charge is 2.27. The first kappa shape index (κ1) is 16.0. The van der Waals surface area contributed by atoms with Crippen LogP contribution in [0.5, 0.6) is 0 Å². The Bertz CT molecular complexity index is 833. The van der Waals surface area contributed by atoms with E-state index in [1.807, 2.05) is 53.6 Å². The van der Waals surface area contributed by atoms with Gasteiger partial charge in [0.1, 0.15) is 22.4 Å². The number of allylic oxidation sites excluding steroid dienone is 1. The lowest BCUT2D eigenvalue weighted by Gasteiger charge is -2.22. The summed E-state index contributed by atoms with van der Waals surface area (Å²) < 4.78 is 5.19. The lowest BCUT2D eigenvalue weighted by atomic mass is 10.2. The Balaban J connectivity index is 1.86. The van der Waals surface area contributed by atoms with Crippen LogP contribution in [0.3, 0.4) is 0 Å². The predicted molar refractivity (Wildman–Crippen MR) is 93.5 cm³/mol. The van der Waals surface area contributed by atoms with Crippen LogP contribution in [0.1, 0.15) is 12.7 Å². The number of amides is 1. The second-order valence-corrected chi connectivity index (χ2v) is 5.96. The molecule has 0 saturated heterocycles. The molecule has 0 spiro atoms. The van der Waals surface area contributed by atoms with Crippen molar-refractivity contribution in [1.82, 2.24) is 5.32 Å². The Hall–Kier alpha value is -2.91. The summed E-state index contributed by atoms with van der Waals surface area (Å²) in [6.45, 7) is 2.19. The average molecular weight is 337 g/mol. The third-order valence-electron chi connectivity index (χ3n) is 3.47. The highest BCUT2D eigenvalue weighted by molar-refractivity contribution is 8.06. The molecule has 1 N–H and O–H groups in total. The van der Waals surface area contributed by atoms with E-state index in [0.29, 0.717) is 10.8 Å². The molecule has 2 heterocycles. The molecular weight excluding hydrogens is 322 g/mol. The third kappa shape index (κ3) is 3.21. The average Bonchev–Trinajstić information content (AvgIpc) is 3.24. The van der Waals surface area contributed by atoms with E-state index in [9.17, 15) is 10.1 Å². The molecule has 0 radical (unpaired) electrons. The van der Waals surface area contributed by atoms with Gasteiger partial charge in [-0.3, -0.25) is 4.79 Å². The number of carbonyl (C=O) groups excluding carboxylic acids is 1. The van der Waals surface area contributed by atoms with Crippen LogP contribution in [0.2, 0.25) is 0 Å². The zero-order valence-corrected chi connectivity index (χ0v) is 13.8. The first-order valence-corrected chi connectivity index (χ1v) is 8.22. The molecule has 0 unspecified atom stereocenters. The number of thioether (sulfide) groups is 1. The molecule has 1 aliphatic rings. The maximum absolute atomic E-state index is 12.4. The van der Waals surface area contributed by atoms with E-state index in [1.165, 1.54) is 11.8 Å². The normalized spacial score (nSPS) is 15.7. The lowest BCUT2D eigenvalue weighted by molar-refractivity contribution is -0.117. The molecule has 5 nitrogen and oxygen atoms in total. The number of carbonyl (C=O) groups is 1. The molecule has 1 aliphatic heterocycles. The number of nitrogens with one attached hydrogen (secondary N) is 1. The van der Waals surface area contributed by atoms with Crippen molar-refractivity contribution in [3.05, 3.63) is 76.2 Å². The zero-order valence-electron chi connectivity index (χ0n) is 13.0. The maximum atomic E-state index is 12.4. The fraction of sp³-hybridized carbons (Fsp3) is 0.111. The van der Waals surface area contributed by atoms with Gasteiger partial charge in [-0.1, -0.05) is 30.0 Å². The molecule has 0 fully saturated rings. The summed E-state index contributed by atoms with van der Waals surface area (Å²) in [5.74, 6) is 0.222. The topological polar surface area (TPSA) is 69.3 Å². The molecule has 24 heavy (non-hydrogen) atoms. The number of anilines is 1. The molecule has 1 aromatic carbocycles. The molecule has 3 rings (SSSR count). The highest BCUT2D eigenvalue weighted by atomic mass is 32.2. The van der Waals surface area contributed by atoms with Crippen molar-refractivity contribution < 1.29 is 9.21 Å². The summed E-state index contributed by atoms with van der Waals surface area (Å²) in [4.78, 5) is 14.4. The summed E-state index contributed by atoms with van der Waals surface area (Å²) in [5.41, 5.74) is 1.97. The van der Waals surface area contributed by atoms with E-state index in [-0.39, 0.29) is 12.1 Å². The van der Waals surface area contributed by atoms with Gasteiger partial charge in [0.25, 0.3) is 5.91 Å². The summed E-state index contributed by atoms with van der Waals surface area (Å²) in [7, 11) is 0. The number of furan rings is 1. The Morgan fingerprint density at radius 1 is 1.29 bits per heavy atom. The number of hydrogen-bond acceptors (Lipinski definition) is 5. The first-order valence-electron chi connectivity index (χ1n) is 7.34. The van der Waals surface area contributed by atoms with Crippen molar-refractivity contribution in [2.75, 3.05) is 4.90 Å². The van der Waals surface area contributed by atoms with Crippen LogP contribution in [0.4, 0.5) is 5.69 Å². The minimum atomic E-state index is -0.416. The third-order valence-corrected chi connectivity index (χ3v) is 4.54. The van der Waals surface area contributed by atoms with Gasteiger partial charge in [-0.25, -0.2) is 0 Å². The molecule has 1 amide bonds. The van der Waals surface area contributed by atoms with Gasteiger partial charge in [0.05, 0.1) is 12.8 Å². The van der Waals surface area contributed by atoms with E-state index in [4.69, 9.17) is 4.42 Å². The van der Waals surface area contributed by atoms with Gasteiger partial charge < -0.3 is 14.6 Å². The van der Waals surface area contributed by atoms with Gasteiger partial charge >= 0.3 is 0 Å². The Morgan fingerprint density at radius 3 is 2.75 bits per heavy atom. The van der Waals surface area contributed by atoms with E-state index in [0.717, 1.165) is 11.4 Å². The maximum Gasteiger partial charge on any atom is 0.265 e. The van der Waals surface area contributed by atoms with E-state index < -0.39 is 5.91 Å². The molecule has 6 heteroatoms. The summed E-state index contributed by atoms with van der Waals surface area (Å²) in [6, 6.07) is 15.2. The quantitative estimate of drug-likeness (QED) is 0.680. The molecular formula is C18H15N3O2S. The number of nitrogens with zero attached hydrogens (tertiary/aromatic N) is 2. The van der Waals surface area contributed by atoms with Crippen LogP contribution in [0.25, 0.3) is 0 Å². The second-order valence-electron chi connectivity index (χ2n) is 5.10. The summed E-state index contributed by atoms with van der Waals surface area (Å²) >= 11 is 1.37. The smallest absolute Gasteiger partial charge is 0.265 e. The van der Waals surface area contributed by atoms with E-state index in [2.05, 4.69) is 5.32 Å². The SMILES string of the molecule is CC1=CSC(=C(C#N)C(=O)NCc2ccco2)N1c1ccccc1. The number of hydrogen-bond donors (Lipinski definition) is 1. The zero-order chi connectivity index (χ0) is 16.9. The Morgan fingerprint density at radius 2 is 2.08 bits per heavy atom. The first-order chi connectivity index (χ1) is 11.7. The van der Waals surface area contributed by atoms with Gasteiger partial charge in [0, 0.05) is 11.4 Å². The molecule has 0 atom stereocenters. The van der Waals surface area contributed by atoms with Gasteiger partial charge in [-0.05, 0) is 36.6 Å². The van der Waals surface area contributed by atoms with E-state index >= 15 is 0 Å². The van der Waals surface area contributed by atoms with Crippen molar-refractivity contribution >= 4 is 23.4 Å². The summed E-state index contributed by atoms with van der Waals surface area (Å²) in [5, 5.41) is 14.8. The van der Waals surface area contributed by atoms with Crippen molar-refractivity contribution in [3.63, 3.8) is 0 Å². The molecule has 2 aromatic rings. The monoisotopic (exact) mass is 337 g/mol. The Labute approximate surface area is 144 Å². The standard InChI is InChI=1S/C18H15N3O2S/c1-13-12-24-18(21(13)14-6-3-2-4-7-14)16(10-19)17(22)20-11-15-8-5-9-23-15/h2-9,12H,11H2,1H3,(H,20,22). The number of benzene rings is 1. The van der Waals surface area contributed by atoms with Crippen molar-refractivity contribution in [1.29, 1.82) is 5.26 Å². The van der Waals surface area contributed by atoms with Gasteiger partial charge in [0.2, 0.25) is 0 Å². The second kappa shape index (κ2) is 7.11. The van der Waals surface area contributed by atoms with Gasteiger partial charge in [-0.2, -0.15) is 5.26 Å². The molecule has 0 saturated carbocycles. The van der Waals surface area contributed by atoms with Crippen molar-refractivity contribution in [3.8, 4) is 6.07 Å². The number of rotatable bonds is 4. The minimum absolute atomic E-state index is 0.0866. The van der Waals surface area contributed by atoms with Crippen LogP contribution in [-0.2, 0) is 11.3 Å². The minimum Gasteiger partial charge on any atom is -0.467 e. The number of para-hydroxylation sites is 1. The molecule has 0 aliphatic carbocycles. The van der Waals surface area contributed by atoms with Crippen LogP contribution >= 0.6 is 11.8 Å². The van der Waals surface area contributed by atoms with E-state index in [1.54, 1.807) is 18.4 Å². The van der Waals surface area contributed by atoms with Crippen LogP contribution < -0.4 is 10.2 Å². The van der Waals surface area contributed by atoms with Crippen molar-refractivity contribution in [2.45, 2.75) is 13.5 Å². The highest BCUT2D eigenvalue weighted by Crippen LogP contribution is 2.40. The largest absolute Gasteiger partial charge is 0.467 e. The van der Waals surface area contributed by atoms with Crippen LogP contribution in [0.15, 0.2) is 74.9 Å². The van der Waals surface area contributed by atoms with Crippen LogP contribution in [-0.4, -0.2) is 5.91 Å². The summed E-state index contributed by atoms with van der Waals surface area (Å²) in [6.07, 6.45) is 1.54. The van der Waals surface area contributed by atoms with Crippen molar-refractivity contribution in [2.24, 2.45) is 0 Å². The van der Waals surface area contributed by atoms with Crippen LogP contribution in [0, 0.1) is 11.3 Å². The number of nitriles is 1.